The molecule has 0 fully saturated rings. The number of benzene rings is 1. The Hall–Kier alpha value is -2.34. The van der Waals surface area contributed by atoms with E-state index in [1.807, 2.05) is 42.7 Å². The van der Waals surface area contributed by atoms with Crippen LogP contribution in [-0.4, -0.2) is 18.7 Å². The fraction of sp³-hybridized carbons (Fsp3) is 0.353. The smallest absolute Gasteiger partial charge is 0.318 e. The second-order valence-electron chi connectivity index (χ2n) is 5.84. The number of fused-ring (bicyclic) bond motifs is 1. The van der Waals surface area contributed by atoms with E-state index in [9.17, 15) is 9.59 Å². The van der Waals surface area contributed by atoms with Gasteiger partial charge in [-0.2, -0.15) is 0 Å². The van der Waals surface area contributed by atoms with E-state index < -0.39 is 0 Å². The quantitative estimate of drug-likeness (QED) is 0.728. The standard InChI is InChI=1S/C17H19ClN4O2/c1-4-9-21-16(23)14-15(20(3)17(21)24)19-11(2)22(14)10-12-5-7-13(18)8-6-12/h5-8H,4,9-10H2,1-3H3. The molecule has 0 saturated carbocycles. The van der Waals surface area contributed by atoms with Gasteiger partial charge in [0.2, 0.25) is 0 Å². The van der Waals surface area contributed by atoms with E-state index in [1.54, 1.807) is 7.05 Å². The Balaban J connectivity index is 2.25. The Morgan fingerprint density at radius 1 is 1.12 bits per heavy atom. The first kappa shape index (κ1) is 16.5. The predicted octanol–water partition coefficient (Wildman–Crippen LogP) is 2.32. The predicted molar refractivity (Wildman–Crippen MR) is 94.8 cm³/mol. The fourth-order valence-electron chi connectivity index (χ4n) is 2.87. The third-order valence-electron chi connectivity index (χ3n) is 4.12. The summed E-state index contributed by atoms with van der Waals surface area (Å²) in [5.41, 5.74) is 1.27. The van der Waals surface area contributed by atoms with Gasteiger partial charge in [0.05, 0.1) is 0 Å². The minimum atomic E-state index is -0.328. The van der Waals surface area contributed by atoms with Crippen LogP contribution in [0.1, 0.15) is 24.7 Å². The van der Waals surface area contributed by atoms with Crippen LogP contribution in [0.2, 0.25) is 5.02 Å². The molecule has 3 rings (SSSR count). The molecular weight excluding hydrogens is 328 g/mol. The molecule has 0 spiro atoms. The SMILES string of the molecule is CCCn1c(=O)c2c(nc(C)n2Cc2ccc(Cl)cc2)n(C)c1=O. The molecule has 0 aliphatic heterocycles. The van der Waals surface area contributed by atoms with Gasteiger partial charge in [-0.15, -0.1) is 0 Å². The van der Waals surface area contributed by atoms with E-state index in [1.165, 1.54) is 9.13 Å². The molecule has 6 nitrogen and oxygen atoms in total. The molecule has 0 bridgehead atoms. The van der Waals surface area contributed by atoms with Gasteiger partial charge >= 0.3 is 5.69 Å². The third kappa shape index (κ3) is 2.67. The summed E-state index contributed by atoms with van der Waals surface area (Å²) in [5.74, 6) is 0.696. The van der Waals surface area contributed by atoms with Crippen molar-refractivity contribution in [2.75, 3.05) is 0 Å². The summed E-state index contributed by atoms with van der Waals surface area (Å²) in [5, 5.41) is 0.665. The van der Waals surface area contributed by atoms with Crippen molar-refractivity contribution in [1.82, 2.24) is 18.7 Å². The number of aryl methyl sites for hydroxylation is 2. The molecule has 24 heavy (non-hydrogen) atoms. The van der Waals surface area contributed by atoms with Crippen LogP contribution in [0.4, 0.5) is 0 Å². The van der Waals surface area contributed by atoms with Crippen LogP contribution >= 0.6 is 11.6 Å². The van der Waals surface area contributed by atoms with Crippen molar-refractivity contribution in [2.45, 2.75) is 33.4 Å². The highest BCUT2D eigenvalue weighted by Crippen LogP contribution is 2.15. The van der Waals surface area contributed by atoms with Crippen LogP contribution in [0.25, 0.3) is 11.2 Å². The zero-order valence-electron chi connectivity index (χ0n) is 13.9. The van der Waals surface area contributed by atoms with Gasteiger partial charge in [0.15, 0.2) is 11.2 Å². The maximum Gasteiger partial charge on any atom is 0.332 e. The van der Waals surface area contributed by atoms with Gasteiger partial charge in [-0.05, 0) is 31.0 Å². The summed E-state index contributed by atoms with van der Waals surface area (Å²) in [7, 11) is 1.65. The summed E-state index contributed by atoms with van der Waals surface area (Å²) in [6.45, 7) is 4.67. The second kappa shape index (κ2) is 6.28. The van der Waals surface area contributed by atoms with Crippen molar-refractivity contribution in [1.29, 1.82) is 0 Å². The molecule has 0 radical (unpaired) electrons. The molecule has 0 atom stereocenters. The maximum atomic E-state index is 12.8. The highest BCUT2D eigenvalue weighted by molar-refractivity contribution is 6.30. The molecule has 7 heteroatoms. The molecule has 0 N–H and O–H groups in total. The lowest BCUT2D eigenvalue weighted by Crippen LogP contribution is -2.39. The Labute approximate surface area is 143 Å². The van der Waals surface area contributed by atoms with E-state index in [0.717, 1.165) is 5.56 Å². The van der Waals surface area contributed by atoms with Crippen molar-refractivity contribution in [3.8, 4) is 0 Å². The Kier molecular flexibility index (Phi) is 4.32. The lowest BCUT2D eigenvalue weighted by Gasteiger charge is -2.10. The minimum absolute atomic E-state index is 0.287. The average Bonchev–Trinajstić information content (AvgIpc) is 2.89. The number of hydrogen-bond acceptors (Lipinski definition) is 3. The molecule has 1 aromatic carbocycles. The summed E-state index contributed by atoms with van der Waals surface area (Å²) in [4.78, 5) is 29.6. The van der Waals surface area contributed by atoms with Gasteiger partial charge in [0.25, 0.3) is 5.56 Å². The largest absolute Gasteiger partial charge is 0.332 e. The van der Waals surface area contributed by atoms with Crippen LogP contribution in [0.3, 0.4) is 0 Å². The van der Waals surface area contributed by atoms with E-state index in [2.05, 4.69) is 4.98 Å². The van der Waals surface area contributed by atoms with E-state index in [4.69, 9.17) is 11.6 Å². The summed E-state index contributed by atoms with van der Waals surface area (Å²) in [6, 6.07) is 7.47. The highest BCUT2D eigenvalue weighted by Gasteiger charge is 2.18. The first-order chi connectivity index (χ1) is 11.4. The van der Waals surface area contributed by atoms with Crippen LogP contribution < -0.4 is 11.2 Å². The molecule has 0 amide bonds. The highest BCUT2D eigenvalue weighted by atomic mass is 35.5. The van der Waals surface area contributed by atoms with Crippen molar-refractivity contribution in [3.05, 3.63) is 61.5 Å². The number of rotatable bonds is 4. The molecule has 0 saturated heterocycles. The lowest BCUT2D eigenvalue weighted by atomic mass is 10.2. The summed E-state index contributed by atoms with van der Waals surface area (Å²) in [6.07, 6.45) is 0.713. The van der Waals surface area contributed by atoms with Crippen molar-refractivity contribution in [2.24, 2.45) is 7.05 Å². The van der Waals surface area contributed by atoms with E-state index >= 15 is 0 Å². The molecule has 2 heterocycles. The van der Waals surface area contributed by atoms with Crippen LogP contribution in [0.15, 0.2) is 33.9 Å². The van der Waals surface area contributed by atoms with Gasteiger partial charge < -0.3 is 4.57 Å². The van der Waals surface area contributed by atoms with E-state index in [-0.39, 0.29) is 11.2 Å². The minimum Gasteiger partial charge on any atom is -0.318 e. The van der Waals surface area contributed by atoms with Crippen LogP contribution in [-0.2, 0) is 20.1 Å². The molecule has 2 aromatic heterocycles. The lowest BCUT2D eigenvalue weighted by molar-refractivity contribution is 0.590. The van der Waals surface area contributed by atoms with Crippen molar-refractivity contribution in [3.63, 3.8) is 0 Å². The third-order valence-corrected chi connectivity index (χ3v) is 4.38. The number of halogens is 1. The molecule has 126 valence electrons. The summed E-state index contributed by atoms with van der Waals surface area (Å²) < 4.78 is 4.58. The topological polar surface area (TPSA) is 61.8 Å². The normalized spacial score (nSPS) is 11.3. The zero-order chi connectivity index (χ0) is 17.4. The molecule has 3 aromatic rings. The van der Waals surface area contributed by atoms with Gasteiger partial charge in [-0.1, -0.05) is 30.7 Å². The summed E-state index contributed by atoms with van der Waals surface area (Å²) >= 11 is 5.93. The fourth-order valence-corrected chi connectivity index (χ4v) is 2.99. The number of hydrogen-bond donors (Lipinski definition) is 0. The molecule has 0 aliphatic rings. The van der Waals surface area contributed by atoms with Gasteiger partial charge in [0, 0.05) is 25.2 Å². The second-order valence-corrected chi connectivity index (χ2v) is 6.28. The van der Waals surface area contributed by atoms with Gasteiger partial charge in [0.1, 0.15) is 5.82 Å². The zero-order valence-corrected chi connectivity index (χ0v) is 14.7. The van der Waals surface area contributed by atoms with Gasteiger partial charge in [-0.25, -0.2) is 9.78 Å². The Morgan fingerprint density at radius 2 is 1.79 bits per heavy atom. The Morgan fingerprint density at radius 3 is 2.42 bits per heavy atom. The van der Waals surface area contributed by atoms with Crippen molar-refractivity contribution >= 4 is 22.8 Å². The van der Waals surface area contributed by atoms with Crippen molar-refractivity contribution < 1.29 is 0 Å². The number of imidazole rings is 1. The molecule has 0 unspecified atom stereocenters. The van der Waals surface area contributed by atoms with Gasteiger partial charge in [-0.3, -0.25) is 13.9 Å². The number of nitrogens with zero attached hydrogens (tertiary/aromatic N) is 4. The molecule has 0 aliphatic carbocycles. The first-order valence-electron chi connectivity index (χ1n) is 7.85. The Bertz CT molecular complexity index is 1010. The van der Waals surface area contributed by atoms with Crippen LogP contribution in [0.5, 0.6) is 0 Å². The first-order valence-corrected chi connectivity index (χ1v) is 8.23. The average molecular weight is 347 g/mol. The maximum absolute atomic E-state index is 12.8. The van der Waals surface area contributed by atoms with Crippen LogP contribution in [0, 0.1) is 6.92 Å². The monoisotopic (exact) mass is 346 g/mol. The molecular formula is C17H19ClN4O2. The number of aromatic nitrogens is 4. The van der Waals surface area contributed by atoms with E-state index in [0.29, 0.717) is 41.5 Å².